The van der Waals surface area contributed by atoms with E-state index in [1.165, 1.54) is 0 Å². The van der Waals surface area contributed by atoms with Crippen LogP contribution in [0.4, 0.5) is 0 Å². The molecule has 0 heterocycles. The molecular formula is C11H22N2O2. The molecule has 0 aromatic carbocycles. The Balaban J connectivity index is 2.55. The minimum Gasteiger partial charge on any atom is -0.394 e. The van der Waals surface area contributed by atoms with E-state index in [0.717, 1.165) is 25.7 Å². The van der Waals surface area contributed by atoms with Crippen molar-refractivity contribution >= 4 is 5.91 Å². The van der Waals surface area contributed by atoms with Crippen molar-refractivity contribution in [2.24, 2.45) is 11.7 Å². The van der Waals surface area contributed by atoms with Crippen LogP contribution in [0.15, 0.2) is 0 Å². The predicted octanol–water partition coefficient (Wildman–Crippen LogP) is 0.391. The Labute approximate surface area is 91.2 Å². The molecule has 0 spiro atoms. The van der Waals surface area contributed by atoms with Gasteiger partial charge in [-0.05, 0) is 19.8 Å². The van der Waals surface area contributed by atoms with Gasteiger partial charge in [0.15, 0.2) is 0 Å². The van der Waals surface area contributed by atoms with Gasteiger partial charge in [-0.15, -0.1) is 0 Å². The van der Waals surface area contributed by atoms with Gasteiger partial charge in [0, 0.05) is 12.0 Å². The van der Waals surface area contributed by atoms with E-state index in [4.69, 9.17) is 5.73 Å². The molecular weight excluding hydrogens is 192 g/mol. The Kier molecular flexibility index (Phi) is 4.11. The van der Waals surface area contributed by atoms with Gasteiger partial charge in [-0.25, -0.2) is 0 Å². The summed E-state index contributed by atoms with van der Waals surface area (Å²) in [7, 11) is 0. The Morgan fingerprint density at radius 3 is 2.40 bits per heavy atom. The van der Waals surface area contributed by atoms with Crippen molar-refractivity contribution in [3.63, 3.8) is 0 Å². The van der Waals surface area contributed by atoms with Crippen molar-refractivity contribution in [2.45, 2.75) is 51.1 Å². The monoisotopic (exact) mass is 214 g/mol. The van der Waals surface area contributed by atoms with E-state index >= 15 is 0 Å². The summed E-state index contributed by atoms with van der Waals surface area (Å²) in [6.07, 6.45) is 3.91. The maximum atomic E-state index is 11.8. The average molecular weight is 214 g/mol. The van der Waals surface area contributed by atoms with Gasteiger partial charge in [0.05, 0.1) is 12.1 Å². The summed E-state index contributed by atoms with van der Waals surface area (Å²) < 4.78 is 0. The van der Waals surface area contributed by atoms with Crippen LogP contribution in [0.3, 0.4) is 0 Å². The van der Waals surface area contributed by atoms with Crippen LogP contribution >= 0.6 is 0 Å². The van der Waals surface area contributed by atoms with Crippen LogP contribution in [-0.2, 0) is 4.79 Å². The van der Waals surface area contributed by atoms with Gasteiger partial charge >= 0.3 is 0 Å². The molecule has 4 nitrogen and oxygen atoms in total. The third-order valence-electron chi connectivity index (χ3n) is 3.45. The maximum Gasteiger partial charge on any atom is 0.224 e. The molecule has 0 saturated heterocycles. The lowest BCUT2D eigenvalue weighted by Crippen LogP contribution is -2.52. The average Bonchev–Trinajstić information content (AvgIpc) is 2.65. The molecule has 1 saturated carbocycles. The minimum atomic E-state index is -0.375. The quantitative estimate of drug-likeness (QED) is 0.633. The van der Waals surface area contributed by atoms with E-state index in [2.05, 4.69) is 5.32 Å². The first-order chi connectivity index (χ1) is 7.01. The zero-order valence-electron chi connectivity index (χ0n) is 9.62. The lowest BCUT2D eigenvalue weighted by atomic mass is 9.96. The van der Waals surface area contributed by atoms with E-state index in [1.54, 1.807) is 0 Å². The van der Waals surface area contributed by atoms with Gasteiger partial charge in [-0.3, -0.25) is 4.79 Å². The van der Waals surface area contributed by atoms with Crippen molar-refractivity contribution in [2.75, 3.05) is 6.61 Å². The van der Waals surface area contributed by atoms with Crippen molar-refractivity contribution in [3.05, 3.63) is 0 Å². The normalized spacial score (nSPS) is 23.5. The van der Waals surface area contributed by atoms with Crippen LogP contribution in [0.2, 0.25) is 0 Å². The number of hydrogen-bond acceptors (Lipinski definition) is 3. The second-order valence-electron chi connectivity index (χ2n) is 4.78. The van der Waals surface area contributed by atoms with Crippen molar-refractivity contribution in [3.8, 4) is 0 Å². The summed E-state index contributed by atoms with van der Waals surface area (Å²) in [5, 5.41) is 12.3. The SMILES string of the molecule is CC(N)C(C)C(=O)NC1(CO)CCCC1. The highest BCUT2D eigenvalue weighted by Gasteiger charge is 2.35. The summed E-state index contributed by atoms with van der Waals surface area (Å²) in [5.41, 5.74) is 5.30. The van der Waals surface area contributed by atoms with E-state index in [0.29, 0.717) is 0 Å². The number of carbonyl (C=O) groups is 1. The van der Waals surface area contributed by atoms with Crippen molar-refractivity contribution in [1.82, 2.24) is 5.32 Å². The molecule has 4 heteroatoms. The van der Waals surface area contributed by atoms with E-state index in [-0.39, 0.29) is 30.0 Å². The number of nitrogens with two attached hydrogens (primary N) is 1. The second kappa shape index (κ2) is 4.94. The minimum absolute atomic E-state index is 0.0322. The van der Waals surface area contributed by atoms with Crippen LogP contribution in [0.5, 0.6) is 0 Å². The Morgan fingerprint density at radius 1 is 1.47 bits per heavy atom. The Hall–Kier alpha value is -0.610. The predicted molar refractivity (Wildman–Crippen MR) is 59.2 cm³/mol. The molecule has 4 N–H and O–H groups in total. The molecule has 0 aromatic heterocycles. The molecule has 0 bridgehead atoms. The van der Waals surface area contributed by atoms with Crippen LogP contribution in [0.25, 0.3) is 0 Å². The number of hydrogen-bond donors (Lipinski definition) is 3. The summed E-state index contributed by atoms with van der Waals surface area (Å²) in [4.78, 5) is 11.8. The molecule has 15 heavy (non-hydrogen) atoms. The fourth-order valence-electron chi connectivity index (χ4n) is 1.99. The lowest BCUT2D eigenvalue weighted by molar-refractivity contribution is -0.127. The van der Waals surface area contributed by atoms with Crippen molar-refractivity contribution < 1.29 is 9.90 Å². The number of carbonyl (C=O) groups excluding carboxylic acids is 1. The molecule has 1 aliphatic rings. The fraction of sp³-hybridized carbons (Fsp3) is 0.909. The van der Waals surface area contributed by atoms with Crippen LogP contribution in [0, 0.1) is 5.92 Å². The lowest BCUT2D eigenvalue weighted by Gasteiger charge is -2.30. The zero-order valence-corrected chi connectivity index (χ0v) is 9.62. The Bertz CT molecular complexity index is 223. The van der Waals surface area contributed by atoms with E-state index < -0.39 is 0 Å². The highest BCUT2D eigenvalue weighted by Crippen LogP contribution is 2.29. The van der Waals surface area contributed by atoms with Crippen LogP contribution in [-0.4, -0.2) is 29.2 Å². The van der Waals surface area contributed by atoms with Gasteiger partial charge in [0.2, 0.25) is 5.91 Å². The van der Waals surface area contributed by atoms with Gasteiger partial charge in [0.25, 0.3) is 0 Å². The highest BCUT2D eigenvalue weighted by molar-refractivity contribution is 5.79. The van der Waals surface area contributed by atoms with Gasteiger partial charge in [-0.1, -0.05) is 19.8 Å². The standard InChI is InChI=1S/C11H22N2O2/c1-8(9(2)12)10(15)13-11(7-14)5-3-4-6-11/h8-9,14H,3-7,12H2,1-2H3,(H,13,15). The fourth-order valence-corrected chi connectivity index (χ4v) is 1.99. The summed E-state index contributed by atoms with van der Waals surface area (Å²) in [5.74, 6) is -0.241. The topological polar surface area (TPSA) is 75.4 Å². The van der Waals surface area contributed by atoms with Gasteiger partial charge in [-0.2, -0.15) is 0 Å². The molecule has 1 rings (SSSR count). The first kappa shape index (κ1) is 12.5. The third-order valence-corrected chi connectivity index (χ3v) is 3.45. The number of aliphatic hydroxyl groups is 1. The molecule has 0 aromatic rings. The molecule has 0 aliphatic heterocycles. The highest BCUT2D eigenvalue weighted by atomic mass is 16.3. The third kappa shape index (κ3) is 2.92. The second-order valence-corrected chi connectivity index (χ2v) is 4.78. The molecule has 1 fully saturated rings. The molecule has 88 valence electrons. The maximum absolute atomic E-state index is 11.8. The largest absolute Gasteiger partial charge is 0.394 e. The van der Waals surface area contributed by atoms with Gasteiger partial charge in [0.1, 0.15) is 0 Å². The van der Waals surface area contributed by atoms with Gasteiger partial charge < -0.3 is 16.2 Å². The van der Waals surface area contributed by atoms with Crippen molar-refractivity contribution in [1.29, 1.82) is 0 Å². The zero-order chi connectivity index (χ0) is 11.5. The van der Waals surface area contributed by atoms with E-state index in [1.807, 2.05) is 13.8 Å². The van der Waals surface area contributed by atoms with Crippen LogP contribution < -0.4 is 11.1 Å². The van der Waals surface area contributed by atoms with E-state index in [9.17, 15) is 9.90 Å². The number of nitrogens with one attached hydrogen (secondary N) is 1. The smallest absolute Gasteiger partial charge is 0.224 e. The molecule has 1 aliphatic carbocycles. The first-order valence-corrected chi connectivity index (χ1v) is 5.69. The molecule has 2 atom stereocenters. The molecule has 1 amide bonds. The summed E-state index contributed by atoms with van der Waals surface area (Å²) in [6, 6.07) is -0.151. The summed E-state index contributed by atoms with van der Waals surface area (Å²) in [6.45, 7) is 3.68. The molecule has 0 radical (unpaired) electrons. The Morgan fingerprint density at radius 2 is 2.00 bits per heavy atom. The molecule has 2 unspecified atom stereocenters. The first-order valence-electron chi connectivity index (χ1n) is 5.69. The number of aliphatic hydroxyl groups excluding tert-OH is 1. The number of amides is 1. The van der Waals surface area contributed by atoms with Crippen LogP contribution in [0.1, 0.15) is 39.5 Å². The number of rotatable bonds is 4. The summed E-state index contributed by atoms with van der Waals surface area (Å²) >= 11 is 0.